The van der Waals surface area contributed by atoms with E-state index in [1.165, 1.54) is 19.5 Å². The van der Waals surface area contributed by atoms with Crippen molar-refractivity contribution >= 4 is 22.9 Å². The van der Waals surface area contributed by atoms with Crippen LogP contribution in [-0.4, -0.2) is 63.9 Å². The molecule has 8 nitrogen and oxygen atoms in total. The predicted molar refractivity (Wildman–Crippen MR) is 132 cm³/mol. The van der Waals surface area contributed by atoms with Crippen LogP contribution in [0, 0.1) is 11.6 Å². The van der Waals surface area contributed by atoms with Gasteiger partial charge in [0.1, 0.15) is 23.4 Å². The van der Waals surface area contributed by atoms with Gasteiger partial charge in [0, 0.05) is 44.0 Å². The van der Waals surface area contributed by atoms with E-state index in [1.807, 2.05) is 27.0 Å². The Balaban J connectivity index is 1.53. The van der Waals surface area contributed by atoms with Crippen molar-refractivity contribution in [3.63, 3.8) is 0 Å². The van der Waals surface area contributed by atoms with Crippen molar-refractivity contribution in [1.82, 2.24) is 19.4 Å². The maximum Gasteiger partial charge on any atom is 0.410 e. The molecule has 0 unspecified atom stereocenters. The molecular formula is C26H31F2N5O3. The highest BCUT2D eigenvalue weighted by Crippen LogP contribution is 2.46. The lowest BCUT2D eigenvalue weighted by molar-refractivity contribution is 0.0218. The van der Waals surface area contributed by atoms with Crippen molar-refractivity contribution in [2.24, 2.45) is 0 Å². The van der Waals surface area contributed by atoms with Crippen LogP contribution in [0.3, 0.4) is 0 Å². The van der Waals surface area contributed by atoms with Gasteiger partial charge in [0.05, 0.1) is 18.2 Å². The van der Waals surface area contributed by atoms with E-state index < -0.39 is 17.2 Å². The van der Waals surface area contributed by atoms with Crippen LogP contribution in [0.4, 0.5) is 19.4 Å². The molecule has 2 fully saturated rings. The summed E-state index contributed by atoms with van der Waals surface area (Å²) in [5.74, 6) is -1.02. The van der Waals surface area contributed by atoms with Gasteiger partial charge in [0.2, 0.25) is 5.82 Å². The summed E-state index contributed by atoms with van der Waals surface area (Å²) >= 11 is 0. The highest BCUT2D eigenvalue weighted by molar-refractivity contribution is 5.93. The van der Waals surface area contributed by atoms with Crippen LogP contribution in [0.5, 0.6) is 5.75 Å². The molecule has 1 aliphatic heterocycles. The maximum atomic E-state index is 14.4. The number of methoxy groups -OCH3 is 1. The largest absolute Gasteiger partial charge is 0.493 e. The second kappa shape index (κ2) is 8.90. The Labute approximate surface area is 208 Å². The number of benzene rings is 1. The van der Waals surface area contributed by atoms with Crippen molar-refractivity contribution in [3.05, 3.63) is 41.9 Å². The van der Waals surface area contributed by atoms with E-state index in [-0.39, 0.29) is 17.9 Å². The van der Waals surface area contributed by atoms with E-state index in [2.05, 4.69) is 21.8 Å². The minimum absolute atomic E-state index is 0.0110. The Kier molecular flexibility index (Phi) is 6.00. The Bertz CT molecular complexity index is 1320. The molecule has 1 aromatic carbocycles. The zero-order chi connectivity index (χ0) is 25.8. The van der Waals surface area contributed by atoms with Gasteiger partial charge in [-0.1, -0.05) is 0 Å². The molecule has 1 saturated carbocycles. The second-order valence-electron chi connectivity index (χ2n) is 10.5. The van der Waals surface area contributed by atoms with Gasteiger partial charge in [-0.2, -0.15) is 4.39 Å². The summed E-state index contributed by atoms with van der Waals surface area (Å²) in [5, 5.41) is 0.904. The smallest absolute Gasteiger partial charge is 0.410 e. The normalized spacial score (nSPS) is 18.6. The summed E-state index contributed by atoms with van der Waals surface area (Å²) in [6.07, 6.45) is 5.23. The lowest BCUT2D eigenvalue weighted by atomic mass is 10.1. The first-order valence-corrected chi connectivity index (χ1v) is 12.2. The summed E-state index contributed by atoms with van der Waals surface area (Å²) in [4.78, 5) is 25.7. The number of ether oxygens (including phenoxy) is 2. The number of fused-ring (bicyclic) bond motifs is 1. The number of nitrogens with zero attached hydrogens (tertiary/aromatic N) is 5. The summed E-state index contributed by atoms with van der Waals surface area (Å²) in [6, 6.07) is 2.61. The monoisotopic (exact) mass is 499 g/mol. The molecule has 3 heterocycles. The zero-order valence-corrected chi connectivity index (χ0v) is 21.2. The number of hydrogen-bond donors (Lipinski definition) is 0. The molecule has 2 aliphatic rings. The van der Waals surface area contributed by atoms with Crippen LogP contribution in [0.25, 0.3) is 16.7 Å². The van der Waals surface area contributed by atoms with Crippen LogP contribution in [0.1, 0.15) is 52.0 Å². The lowest BCUT2D eigenvalue weighted by Gasteiger charge is -2.41. The lowest BCUT2D eigenvalue weighted by Crippen LogP contribution is -2.54. The average Bonchev–Trinajstić information content (AvgIpc) is 3.59. The van der Waals surface area contributed by atoms with E-state index in [0.717, 1.165) is 35.7 Å². The van der Waals surface area contributed by atoms with Gasteiger partial charge in [-0.25, -0.2) is 19.2 Å². The zero-order valence-electron chi connectivity index (χ0n) is 21.2. The Morgan fingerprint density at radius 1 is 1.14 bits per heavy atom. The molecule has 1 atom stereocenters. The highest BCUT2D eigenvalue weighted by Gasteiger charge is 2.35. The summed E-state index contributed by atoms with van der Waals surface area (Å²) in [7, 11) is 1.31. The molecular weight excluding hydrogens is 468 g/mol. The number of carbonyl (C=O) groups is 1. The highest BCUT2D eigenvalue weighted by atomic mass is 19.2. The molecule has 1 saturated heterocycles. The first-order chi connectivity index (χ1) is 17.1. The quantitative estimate of drug-likeness (QED) is 0.501. The molecule has 1 amide bonds. The van der Waals surface area contributed by atoms with E-state index in [1.54, 1.807) is 9.47 Å². The van der Waals surface area contributed by atoms with Gasteiger partial charge >= 0.3 is 6.09 Å². The third kappa shape index (κ3) is 4.44. The van der Waals surface area contributed by atoms with E-state index in [4.69, 9.17) is 9.47 Å². The third-order valence-corrected chi connectivity index (χ3v) is 6.64. The van der Waals surface area contributed by atoms with E-state index in [0.29, 0.717) is 36.9 Å². The van der Waals surface area contributed by atoms with Crippen LogP contribution in [0.15, 0.2) is 24.7 Å². The maximum absolute atomic E-state index is 14.4. The number of anilines is 1. The van der Waals surface area contributed by atoms with Gasteiger partial charge in [-0.05, 0) is 52.0 Å². The molecule has 0 bridgehead atoms. The fraction of sp³-hybridized carbons (Fsp3) is 0.500. The summed E-state index contributed by atoms with van der Waals surface area (Å²) in [5.41, 5.74) is 1.58. The van der Waals surface area contributed by atoms with Gasteiger partial charge < -0.3 is 23.8 Å². The molecule has 0 radical (unpaired) electrons. The molecule has 3 aromatic rings. The predicted octanol–water partition coefficient (Wildman–Crippen LogP) is 5.03. The fourth-order valence-electron chi connectivity index (χ4n) is 4.79. The molecule has 36 heavy (non-hydrogen) atoms. The van der Waals surface area contributed by atoms with Crippen LogP contribution in [-0.2, 0) is 4.74 Å². The number of carbonyl (C=O) groups excluding carboxylic acids is 1. The van der Waals surface area contributed by atoms with Gasteiger partial charge in [0.25, 0.3) is 0 Å². The number of aromatic nitrogens is 3. The van der Waals surface area contributed by atoms with Crippen molar-refractivity contribution in [2.75, 3.05) is 31.6 Å². The van der Waals surface area contributed by atoms with Gasteiger partial charge in [-0.15, -0.1) is 0 Å². The Morgan fingerprint density at radius 2 is 1.89 bits per heavy atom. The third-order valence-electron chi connectivity index (χ3n) is 6.64. The van der Waals surface area contributed by atoms with Gasteiger partial charge in [0.15, 0.2) is 11.6 Å². The van der Waals surface area contributed by atoms with Crippen LogP contribution >= 0.6 is 0 Å². The fourth-order valence-corrected chi connectivity index (χ4v) is 4.79. The molecule has 0 spiro atoms. The van der Waals surface area contributed by atoms with Crippen molar-refractivity contribution in [2.45, 2.75) is 58.1 Å². The standard InChI is InChI=1S/C26H31F2N5O3/c1-15-12-31(25(34)36-26(2,3)4)8-9-32(15)23-21-18(16-6-7-16)13-33(24(21)30-14-29-23)17-10-19(27)22(28)20(11-17)35-5/h10-11,13-16H,6-9,12H2,1-5H3/t15-/m0/s1. The summed E-state index contributed by atoms with van der Waals surface area (Å²) in [6.45, 7) is 9.21. The average molecular weight is 500 g/mol. The first kappa shape index (κ1) is 24.3. The van der Waals surface area contributed by atoms with Crippen LogP contribution < -0.4 is 9.64 Å². The first-order valence-electron chi connectivity index (χ1n) is 12.2. The molecule has 192 valence electrons. The SMILES string of the molecule is COc1cc(-n2cc(C3CC3)c3c(N4CCN(C(=O)OC(C)(C)C)C[C@@H]4C)ncnc32)cc(F)c1F. The second-order valence-corrected chi connectivity index (χ2v) is 10.5. The Hall–Kier alpha value is -3.43. The minimum Gasteiger partial charge on any atom is -0.493 e. The molecule has 1 aliphatic carbocycles. The van der Waals surface area contributed by atoms with E-state index >= 15 is 0 Å². The number of piperazine rings is 1. The van der Waals surface area contributed by atoms with Crippen molar-refractivity contribution in [3.8, 4) is 11.4 Å². The number of amides is 1. The molecule has 0 N–H and O–H groups in total. The van der Waals surface area contributed by atoms with Crippen LogP contribution in [0.2, 0.25) is 0 Å². The topological polar surface area (TPSA) is 72.7 Å². The molecule has 5 rings (SSSR count). The molecule has 2 aromatic heterocycles. The Morgan fingerprint density at radius 3 is 2.53 bits per heavy atom. The number of rotatable bonds is 4. The van der Waals surface area contributed by atoms with Crippen molar-refractivity contribution in [1.29, 1.82) is 0 Å². The number of hydrogen-bond acceptors (Lipinski definition) is 6. The number of halogens is 2. The van der Waals surface area contributed by atoms with E-state index in [9.17, 15) is 13.6 Å². The molecule has 10 heteroatoms. The minimum atomic E-state index is -1.02. The summed E-state index contributed by atoms with van der Waals surface area (Å²) < 4.78 is 40.9. The van der Waals surface area contributed by atoms with Crippen molar-refractivity contribution < 1.29 is 23.0 Å². The van der Waals surface area contributed by atoms with Gasteiger partial charge in [-0.3, -0.25) is 0 Å².